The van der Waals surface area contributed by atoms with Crippen LogP contribution in [0.15, 0.2) is 102 Å². The lowest BCUT2D eigenvalue weighted by Crippen LogP contribution is -2.57. The molecule has 0 spiro atoms. The monoisotopic (exact) mass is 718 g/mol. The van der Waals surface area contributed by atoms with Crippen molar-refractivity contribution in [2.75, 3.05) is 23.7 Å². The molecule has 0 unspecified atom stereocenters. The summed E-state index contributed by atoms with van der Waals surface area (Å²) in [5, 5.41) is 9.58. The first-order chi connectivity index (χ1) is 23.3. The normalized spacial score (nSPS) is 17.7. The number of nitrogens with one attached hydrogen (secondary N) is 3. The number of amides is 1. The molecule has 5 rings (SSSR count). The third-order valence-electron chi connectivity index (χ3n) is 8.09. The van der Waals surface area contributed by atoms with E-state index in [-0.39, 0.29) is 48.0 Å². The maximum Gasteiger partial charge on any atom is 0.573 e. The third-order valence-corrected chi connectivity index (χ3v) is 10.3. The Hall–Kier alpha value is -4.17. The molecule has 0 saturated carbocycles. The van der Waals surface area contributed by atoms with Crippen LogP contribution in [0.3, 0.4) is 0 Å². The number of halogens is 5. The summed E-state index contributed by atoms with van der Waals surface area (Å²) in [5.74, 6) is -1.64. The molecule has 8 nitrogen and oxygen atoms in total. The van der Waals surface area contributed by atoms with Crippen LogP contribution in [-0.2, 0) is 27.7 Å². The number of carbonyl (C=O) groups excluding carboxylic acids is 1. The van der Waals surface area contributed by atoms with Crippen LogP contribution in [-0.4, -0.2) is 56.2 Å². The van der Waals surface area contributed by atoms with Gasteiger partial charge in [0.15, 0.2) is 0 Å². The minimum Gasteiger partial charge on any atom is -0.406 e. The lowest BCUT2D eigenvalue weighted by atomic mass is 9.99. The fourth-order valence-corrected chi connectivity index (χ4v) is 7.59. The van der Waals surface area contributed by atoms with E-state index in [0.29, 0.717) is 22.8 Å². The second-order valence-electron chi connectivity index (χ2n) is 11.7. The van der Waals surface area contributed by atoms with Gasteiger partial charge >= 0.3 is 6.36 Å². The van der Waals surface area contributed by atoms with Crippen LogP contribution in [0.1, 0.15) is 24.5 Å². The molecule has 1 aliphatic rings. The number of nitrogens with zero attached hydrogens (tertiary/aromatic N) is 1. The SMILES string of the molecule is C[C@@H]1CN(S(=O)(=O)c2ccccc2)[C@@H](CCc2c(F)cccc2N[C@@H](Cc2ccc(Cl)cc2)C(=O)Nc2cccc(OC(F)(F)F)c2)CN1. The number of benzene rings is 4. The quantitative estimate of drug-likeness (QED) is 0.136. The van der Waals surface area contributed by atoms with Crippen LogP contribution in [0.5, 0.6) is 5.75 Å². The first-order valence-electron chi connectivity index (χ1n) is 15.5. The molecule has 3 atom stereocenters. The van der Waals surface area contributed by atoms with Crippen molar-refractivity contribution in [1.82, 2.24) is 9.62 Å². The van der Waals surface area contributed by atoms with Gasteiger partial charge in [-0.3, -0.25) is 4.79 Å². The van der Waals surface area contributed by atoms with Gasteiger partial charge in [0.1, 0.15) is 17.6 Å². The Balaban J connectivity index is 1.39. The number of alkyl halides is 3. The predicted molar refractivity (Wildman–Crippen MR) is 181 cm³/mol. The molecule has 49 heavy (non-hydrogen) atoms. The molecule has 0 radical (unpaired) electrons. The molecular formula is C35H35ClF4N4O4S. The van der Waals surface area contributed by atoms with E-state index in [1.165, 1.54) is 28.6 Å². The first kappa shape index (κ1) is 36.1. The molecule has 1 saturated heterocycles. The standard InChI is InChI=1S/C35H35ClF4N4O4S/c1-23-22-44(49(46,47)29-9-3-2-4-10-29)27(21-41-23)17-18-30-31(37)11-6-12-32(30)43-33(19-24-13-15-25(36)16-14-24)34(45)42-26-7-5-8-28(20-26)48-35(38,39)40/h2-16,20,23,27,33,41,43H,17-19,21-22H2,1H3,(H,42,45)/t23-,27+,33+/m1/s1. The van der Waals surface area contributed by atoms with Gasteiger partial charge in [0, 0.05) is 59.6 Å². The highest BCUT2D eigenvalue weighted by Gasteiger charge is 2.36. The van der Waals surface area contributed by atoms with E-state index in [2.05, 4.69) is 20.7 Å². The molecule has 3 N–H and O–H groups in total. The Morgan fingerprint density at radius 2 is 1.73 bits per heavy atom. The maximum absolute atomic E-state index is 15.5. The highest BCUT2D eigenvalue weighted by Crippen LogP contribution is 2.29. The summed E-state index contributed by atoms with van der Waals surface area (Å²) in [7, 11) is -3.83. The number of hydrogen-bond acceptors (Lipinski definition) is 6. The Kier molecular flexibility index (Phi) is 11.5. The molecule has 260 valence electrons. The number of carbonyl (C=O) groups is 1. The van der Waals surface area contributed by atoms with E-state index in [4.69, 9.17) is 11.6 Å². The fourth-order valence-electron chi connectivity index (χ4n) is 5.70. The van der Waals surface area contributed by atoms with Gasteiger partial charge in [-0.1, -0.05) is 54.1 Å². The molecule has 0 bridgehead atoms. The molecule has 1 fully saturated rings. The fraction of sp³-hybridized carbons (Fsp3) is 0.286. The lowest BCUT2D eigenvalue weighted by Gasteiger charge is -2.38. The minimum atomic E-state index is -4.91. The number of ether oxygens (including phenoxy) is 1. The molecule has 1 aliphatic heterocycles. The second kappa shape index (κ2) is 15.6. The Morgan fingerprint density at radius 1 is 1.02 bits per heavy atom. The second-order valence-corrected chi connectivity index (χ2v) is 14.1. The van der Waals surface area contributed by atoms with Gasteiger partial charge in [-0.05, 0) is 73.9 Å². The van der Waals surface area contributed by atoms with E-state index >= 15 is 4.39 Å². The molecule has 0 aliphatic carbocycles. The van der Waals surface area contributed by atoms with Crippen LogP contribution in [0.25, 0.3) is 0 Å². The van der Waals surface area contributed by atoms with Crippen molar-refractivity contribution < 1.29 is 35.5 Å². The zero-order valence-electron chi connectivity index (χ0n) is 26.4. The van der Waals surface area contributed by atoms with Crippen molar-refractivity contribution in [3.8, 4) is 5.75 Å². The van der Waals surface area contributed by atoms with Crippen LogP contribution < -0.4 is 20.7 Å². The summed E-state index contributed by atoms with van der Waals surface area (Å²) in [5.41, 5.74) is 1.35. The van der Waals surface area contributed by atoms with E-state index in [1.54, 1.807) is 60.7 Å². The molecular weight excluding hydrogens is 684 g/mol. The van der Waals surface area contributed by atoms with Crippen molar-refractivity contribution in [3.05, 3.63) is 119 Å². The van der Waals surface area contributed by atoms with Gasteiger partial charge in [0.2, 0.25) is 15.9 Å². The molecule has 0 aromatic heterocycles. The molecule has 1 heterocycles. The minimum absolute atomic E-state index is 0.0628. The average molecular weight is 719 g/mol. The van der Waals surface area contributed by atoms with E-state index in [1.807, 2.05) is 6.92 Å². The number of sulfonamides is 1. The van der Waals surface area contributed by atoms with Crippen molar-refractivity contribution in [2.45, 2.75) is 55.6 Å². The Labute approximate surface area is 287 Å². The molecule has 14 heteroatoms. The Bertz CT molecular complexity index is 1850. The van der Waals surface area contributed by atoms with Gasteiger partial charge in [-0.15, -0.1) is 13.2 Å². The van der Waals surface area contributed by atoms with Crippen LogP contribution in [0.4, 0.5) is 28.9 Å². The van der Waals surface area contributed by atoms with Crippen molar-refractivity contribution in [2.24, 2.45) is 0 Å². The summed E-state index contributed by atoms with van der Waals surface area (Å²) in [6.45, 7) is 2.50. The largest absolute Gasteiger partial charge is 0.573 e. The summed E-state index contributed by atoms with van der Waals surface area (Å²) in [6, 6.07) is 22.6. The lowest BCUT2D eigenvalue weighted by molar-refractivity contribution is -0.274. The first-order valence-corrected chi connectivity index (χ1v) is 17.4. The van der Waals surface area contributed by atoms with E-state index in [9.17, 15) is 26.4 Å². The predicted octanol–water partition coefficient (Wildman–Crippen LogP) is 7.02. The molecule has 4 aromatic rings. The van der Waals surface area contributed by atoms with E-state index < -0.39 is 45.9 Å². The number of anilines is 2. The van der Waals surface area contributed by atoms with Crippen molar-refractivity contribution in [3.63, 3.8) is 0 Å². The van der Waals surface area contributed by atoms with Crippen molar-refractivity contribution >= 4 is 38.9 Å². The summed E-state index contributed by atoms with van der Waals surface area (Å²) < 4.78 is 86.7. The third kappa shape index (κ3) is 9.72. The van der Waals surface area contributed by atoms with Crippen LogP contribution in [0, 0.1) is 5.82 Å². The van der Waals surface area contributed by atoms with Gasteiger partial charge in [0.25, 0.3) is 0 Å². The van der Waals surface area contributed by atoms with Crippen molar-refractivity contribution in [1.29, 1.82) is 0 Å². The topological polar surface area (TPSA) is 99.8 Å². The summed E-state index contributed by atoms with van der Waals surface area (Å²) >= 11 is 6.05. The zero-order valence-corrected chi connectivity index (χ0v) is 28.0. The smallest absolute Gasteiger partial charge is 0.406 e. The molecule has 4 aromatic carbocycles. The van der Waals surface area contributed by atoms with Gasteiger partial charge in [-0.2, -0.15) is 4.31 Å². The number of rotatable bonds is 12. The van der Waals surface area contributed by atoms with E-state index in [0.717, 1.165) is 12.1 Å². The highest BCUT2D eigenvalue weighted by molar-refractivity contribution is 7.89. The highest BCUT2D eigenvalue weighted by atomic mass is 35.5. The van der Waals surface area contributed by atoms with Gasteiger partial charge in [-0.25, -0.2) is 12.8 Å². The van der Waals surface area contributed by atoms with Crippen LogP contribution >= 0.6 is 11.6 Å². The van der Waals surface area contributed by atoms with Gasteiger partial charge in [0.05, 0.1) is 4.90 Å². The van der Waals surface area contributed by atoms with Gasteiger partial charge < -0.3 is 20.7 Å². The summed E-state index contributed by atoms with van der Waals surface area (Å²) in [4.78, 5) is 13.8. The zero-order chi connectivity index (χ0) is 35.2. The number of piperazine rings is 1. The maximum atomic E-state index is 15.5. The summed E-state index contributed by atoms with van der Waals surface area (Å²) in [6.07, 6.45) is -4.38. The average Bonchev–Trinajstić information content (AvgIpc) is 3.05. The Morgan fingerprint density at radius 3 is 2.45 bits per heavy atom. The number of hydrogen-bond donors (Lipinski definition) is 3. The van der Waals surface area contributed by atoms with Crippen LogP contribution in [0.2, 0.25) is 5.02 Å². The molecule has 1 amide bonds.